The first-order valence-electron chi connectivity index (χ1n) is 12.3. The fourth-order valence-corrected chi connectivity index (χ4v) is 4.84. The maximum atomic E-state index is 12.5. The monoisotopic (exact) mass is 570 g/mol. The minimum atomic E-state index is 0. The van der Waals surface area contributed by atoms with Crippen molar-refractivity contribution in [2.24, 2.45) is 10.9 Å². The smallest absolute Gasteiger partial charge is 0.223 e. The highest BCUT2D eigenvalue weighted by Crippen LogP contribution is 2.35. The van der Waals surface area contributed by atoms with Crippen LogP contribution in [0.4, 0.5) is 0 Å². The fraction of sp³-hybridized carbons (Fsp3) is 0.680. The molecule has 3 aliphatic carbocycles. The van der Waals surface area contributed by atoms with Crippen LogP contribution in [0, 0.1) is 5.92 Å². The number of para-hydroxylation sites is 1. The summed E-state index contributed by atoms with van der Waals surface area (Å²) in [4.78, 5) is 16.9. The van der Waals surface area contributed by atoms with Crippen molar-refractivity contribution in [1.82, 2.24) is 16.0 Å². The van der Waals surface area contributed by atoms with Gasteiger partial charge in [0.15, 0.2) is 17.5 Å². The van der Waals surface area contributed by atoms with Crippen molar-refractivity contribution in [2.75, 3.05) is 14.2 Å². The van der Waals surface area contributed by atoms with Crippen LogP contribution in [0.3, 0.4) is 0 Å². The van der Waals surface area contributed by atoms with Gasteiger partial charge in [-0.2, -0.15) is 0 Å². The second-order valence-electron chi connectivity index (χ2n) is 9.39. The van der Waals surface area contributed by atoms with Crippen LogP contribution in [0.25, 0.3) is 0 Å². The van der Waals surface area contributed by atoms with E-state index in [1.54, 1.807) is 14.2 Å². The highest BCUT2D eigenvalue weighted by Gasteiger charge is 2.31. The number of rotatable bonds is 8. The first-order valence-corrected chi connectivity index (χ1v) is 12.3. The summed E-state index contributed by atoms with van der Waals surface area (Å²) in [6.07, 6.45) is 11.1. The number of halogens is 1. The predicted octanol–water partition coefficient (Wildman–Crippen LogP) is 4.14. The number of aliphatic imine (C=N–C) groups is 1. The molecule has 0 bridgehead atoms. The Morgan fingerprint density at radius 1 is 1.03 bits per heavy atom. The summed E-state index contributed by atoms with van der Waals surface area (Å²) in [5, 5.41) is 10.1. The maximum Gasteiger partial charge on any atom is 0.223 e. The molecule has 33 heavy (non-hydrogen) atoms. The minimum absolute atomic E-state index is 0. The lowest BCUT2D eigenvalue weighted by atomic mass is 9.85. The molecule has 2 unspecified atom stereocenters. The van der Waals surface area contributed by atoms with E-state index in [4.69, 9.17) is 9.47 Å². The zero-order chi connectivity index (χ0) is 22.3. The number of carbonyl (C=O) groups excluding carboxylic acids is 1. The second kappa shape index (κ2) is 12.7. The van der Waals surface area contributed by atoms with Gasteiger partial charge in [-0.15, -0.1) is 24.0 Å². The predicted molar refractivity (Wildman–Crippen MR) is 142 cm³/mol. The lowest BCUT2D eigenvalue weighted by molar-refractivity contribution is -0.126. The molecule has 4 rings (SSSR count). The Balaban J connectivity index is 0.00000306. The Morgan fingerprint density at radius 3 is 2.52 bits per heavy atom. The molecule has 1 amide bonds. The molecular weight excluding hydrogens is 531 g/mol. The average Bonchev–Trinajstić information content (AvgIpc) is 3.48. The van der Waals surface area contributed by atoms with Gasteiger partial charge in [0.05, 0.1) is 13.2 Å². The molecule has 0 heterocycles. The fourth-order valence-electron chi connectivity index (χ4n) is 4.84. The quantitative estimate of drug-likeness (QED) is 0.249. The third kappa shape index (κ3) is 7.39. The molecule has 1 aromatic rings. The number of hydrogen-bond donors (Lipinski definition) is 3. The highest BCUT2D eigenvalue weighted by atomic mass is 127. The zero-order valence-electron chi connectivity index (χ0n) is 19.9. The average molecular weight is 571 g/mol. The number of hydrogen-bond acceptors (Lipinski definition) is 4. The molecule has 0 aromatic heterocycles. The van der Waals surface area contributed by atoms with Crippen LogP contribution in [0.1, 0.15) is 69.8 Å². The van der Waals surface area contributed by atoms with E-state index >= 15 is 0 Å². The molecule has 0 radical (unpaired) electrons. The molecule has 7 nitrogen and oxygen atoms in total. The van der Waals surface area contributed by atoms with Crippen LogP contribution in [0.2, 0.25) is 0 Å². The molecule has 2 atom stereocenters. The van der Waals surface area contributed by atoms with E-state index in [1.165, 1.54) is 12.8 Å². The van der Waals surface area contributed by atoms with Crippen molar-refractivity contribution in [1.29, 1.82) is 0 Å². The molecule has 3 aliphatic rings. The minimum Gasteiger partial charge on any atom is -0.493 e. The maximum absolute atomic E-state index is 12.5. The van der Waals surface area contributed by atoms with E-state index in [-0.39, 0.29) is 47.9 Å². The Labute approximate surface area is 214 Å². The largest absolute Gasteiger partial charge is 0.493 e. The van der Waals surface area contributed by atoms with Crippen molar-refractivity contribution in [2.45, 2.75) is 88.9 Å². The SMILES string of the molecule is CN=C(NCc1cccc(OC)c1OC1CCCC1)NC1CCCC(C(=O)NC2CC2)C1.I. The van der Waals surface area contributed by atoms with Crippen LogP contribution in [0.15, 0.2) is 23.2 Å². The van der Waals surface area contributed by atoms with E-state index in [0.29, 0.717) is 12.6 Å². The molecule has 0 spiro atoms. The summed E-state index contributed by atoms with van der Waals surface area (Å²) in [5.41, 5.74) is 1.06. The standard InChI is InChI=1S/C25H38N4O3.HI/c1-26-25(29-20-9-5-7-17(15-20)24(30)28-19-13-14-19)27-16-18-8-6-12-22(31-2)23(18)32-21-10-3-4-11-21;/h6,8,12,17,19-21H,3-5,7,9-11,13-16H2,1-2H3,(H,28,30)(H2,26,27,29);1H. The number of nitrogens with one attached hydrogen (secondary N) is 3. The van der Waals surface area contributed by atoms with Crippen LogP contribution in [-0.2, 0) is 11.3 Å². The number of amides is 1. The lowest BCUT2D eigenvalue weighted by Crippen LogP contribution is -2.47. The van der Waals surface area contributed by atoms with E-state index in [0.717, 1.165) is 74.4 Å². The van der Waals surface area contributed by atoms with Gasteiger partial charge in [0, 0.05) is 37.2 Å². The van der Waals surface area contributed by atoms with Gasteiger partial charge in [0.1, 0.15) is 0 Å². The Bertz CT molecular complexity index is 809. The summed E-state index contributed by atoms with van der Waals surface area (Å²) in [6, 6.07) is 6.71. The van der Waals surface area contributed by atoms with Gasteiger partial charge in [0.2, 0.25) is 5.91 Å². The van der Waals surface area contributed by atoms with Crippen LogP contribution in [-0.4, -0.2) is 44.2 Å². The van der Waals surface area contributed by atoms with Gasteiger partial charge >= 0.3 is 0 Å². The number of methoxy groups -OCH3 is 1. The third-order valence-corrected chi connectivity index (χ3v) is 6.85. The number of benzene rings is 1. The molecule has 3 N–H and O–H groups in total. The van der Waals surface area contributed by atoms with Gasteiger partial charge in [-0.25, -0.2) is 0 Å². The number of nitrogens with zero attached hydrogens (tertiary/aromatic N) is 1. The molecule has 184 valence electrons. The van der Waals surface area contributed by atoms with Gasteiger partial charge in [-0.3, -0.25) is 9.79 Å². The number of carbonyl (C=O) groups is 1. The van der Waals surface area contributed by atoms with E-state index in [1.807, 2.05) is 12.1 Å². The van der Waals surface area contributed by atoms with Gasteiger partial charge in [-0.1, -0.05) is 18.6 Å². The lowest BCUT2D eigenvalue weighted by Gasteiger charge is -2.30. The first-order chi connectivity index (χ1) is 15.7. The molecule has 0 saturated heterocycles. The summed E-state index contributed by atoms with van der Waals surface area (Å²) < 4.78 is 11.9. The number of ether oxygens (including phenoxy) is 2. The zero-order valence-corrected chi connectivity index (χ0v) is 22.2. The summed E-state index contributed by atoms with van der Waals surface area (Å²) >= 11 is 0. The topological polar surface area (TPSA) is 84.0 Å². The molecule has 0 aliphatic heterocycles. The summed E-state index contributed by atoms with van der Waals surface area (Å²) in [5.74, 6) is 2.69. The highest BCUT2D eigenvalue weighted by molar-refractivity contribution is 14.0. The molecule has 8 heteroatoms. The van der Waals surface area contributed by atoms with Gasteiger partial charge < -0.3 is 25.4 Å². The second-order valence-corrected chi connectivity index (χ2v) is 9.39. The van der Waals surface area contributed by atoms with Crippen LogP contribution in [0.5, 0.6) is 11.5 Å². The van der Waals surface area contributed by atoms with Gasteiger partial charge in [-0.05, 0) is 63.9 Å². The van der Waals surface area contributed by atoms with Crippen molar-refractivity contribution in [3.8, 4) is 11.5 Å². The van der Waals surface area contributed by atoms with Crippen LogP contribution >= 0.6 is 24.0 Å². The molecule has 3 fully saturated rings. The van der Waals surface area contributed by atoms with E-state index < -0.39 is 0 Å². The molecular formula is C25H39IN4O3. The van der Waals surface area contributed by atoms with Crippen molar-refractivity contribution in [3.05, 3.63) is 23.8 Å². The Kier molecular flexibility index (Phi) is 9.94. The first kappa shape index (κ1) is 25.9. The van der Waals surface area contributed by atoms with E-state index in [9.17, 15) is 4.79 Å². The van der Waals surface area contributed by atoms with E-state index in [2.05, 4.69) is 27.0 Å². The van der Waals surface area contributed by atoms with Gasteiger partial charge in [0.25, 0.3) is 0 Å². The van der Waals surface area contributed by atoms with Crippen molar-refractivity contribution >= 4 is 35.8 Å². The molecule has 3 saturated carbocycles. The third-order valence-electron chi connectivity index (χ3n) is 6.85. The van der Waals surface area contributed by atoms with Crippen LogP contribution < -0.4 is 25.4 Å². The Morgan fingerprint density at radius 2 is 1.82 bits per heavy atom. The molecule has 1 aromatic carbocycles. The summed E-state index contributed by atoms with van der Waals surface area (Å²) in [6.45, 7) is 0.594. The number of guanidine groups is 1. The Hall–Kier alpha value is -1.71. The normalized spacial score (nSPS) is 23.4. The van der Waals surface area contributed by atoms with Crippen molar-refractivity contribution < 1.29 is 14.3 Å². The summed E-state index contributed by atoms with van der Waals surface area (Å²) in [7, 11) is 3.48. The van der Waals surface area contributed by atoms with Crippen molar-refractivity contribution in [3.63, 3.8) is 0 Å².